The average Bonchev–Trinajstić information content (AvgIpc) is 2.61. The Morgan fingerprint density at radius 2 is 1.18 bits per heavy atom. The first kappa shape index (κ1) is 22.9. The van der Waals surface area contributed by atoms with Crippen molar-refractivity contribution < 1.29 is 23.7 Å². The van der Waals surface area contributed by atoms with Gasteiger partial charge in [0.15, 0.2) is 0 Å². The van der Waals surface area contributed by atoms with Gasteiger partial charge in [0.1, 0.15) is 6.16 Å². The fourth-order valence-corrected chi connectivity index (χ4v) is 5.92. The van der Waals surface area contributed by atoms with Gasteiger partial charge in [0.25, 0.3) is 0 Å². The third kappa shape index (κ3) is 4.61. The van der Waals surface area contributed by atoms with Gasteiger partial charge in [-0.3, -0.25) is 14.4 Å². The molecule has 0 radical (unpaired) electrons. The van der Waals surface area contributed by atoms with Crippen LogP contribution < -0.4 is 0 Å². The van der Waals surface area contributed by atoms with Crippen molar-refractivity contribution in [1.29, 1.82) is 0 Å². The first-order chi connectivity index (χ1) is 13.1. The van der Waals surface area contributed by atoms with Gasteiger partial charge >= 0.3 is 5.97 Å². The molecule has 0 unspecified atom stereocenters. The minimum Gasteiger partial charge on any atom is -0.466 e. The van der Waals surface area contributed by atoms with Crippen molar-refractivity contribution in [3.63, 3.8) is 0 Å². The van der Waals surface area contributed by atoms with Crippen LogP contribution in [0.1, 0.15) is 27.6 Å². The second-order valence-corrected chi connectivity index (χ2v) is 9.74. The lowest BCUT2D eigenvalue weighted by Gasteiger charge is -2.18. The maximum atomic E-state index is 13.7. The van der Waals surface area contributed by atoms with E-state index >= 15 is 0 Å². The van der Waals surface area contributed by atoms with E-state index in [2.05, 4.69) is 0 Å². The van der Waals surface area contributed by atoms with Gasteiger partial charge in [-0.25, -0.2) is 0 Å². The Kier molecular flexibility index (Phi) is 7.72. The summed E-state index contributed by atoms with van der Waals surface area (Å²) < 4.78 is 18.5. The SMILES string of the molecule is CCOC(=O)CP(=O)(C(=O)c1c(Cl)cccc1Cl)C(=O)c1c(Cl)cccc1Cl. The zero-order chi connectivity index (χ0) is 21.1. The normalized spacial score (nSPS) is 11.2. The zero-order valence-corrected chi connectivity index (χ0v) is 18.3. The number of carbonyl (C=O) groups excluding carboxylic acids is 3. The van der Waals surface area contributed by atoms with E-state index in [1.165, 1.54) is 43.3 Å². The Bertz CT molecular complexity index is 897. The average molecular weight is 482 g/mol. The number of benzene rings is 2. The van der Waals surface area contributed by atoms with Crippen LogP contribution >= 0.6 is 53.5 Å². The highest BCUT2D eigenvalue weighted by Gasteiger charge is 2.46. The largest absolute Gasteiger partial charge is 0.466 e. The standard InChI is InChI=1S/C18H13Cl4O5P/c1-2-27-14(23)9-28(26,17(24)15-10(19)5-3-6-11(15)20)18(25)16-12(21)7-4-8-13(16)22/h3-8H,2,9H2,1H3. The molecule has 0 amide bonds. The maximum absolute atomic E-state index is 13.7. The van der Waals surface area contributed by atoms with Crippen LogP contribution in [0.15, 0.2) is 36.4 Å². The lowest BCUT2D eigenvalue weighted by atomic mass is 10.2. The van der Waals surface area contributed by atoms with Crippen LogP contribution in [0.3, 0.4) is 0 Å². The van der Waals surface area contributed by atoms with E-state index < -0.39 is 30.3 Å². The molecule has 0 saturated carbocycles. The Hall–Kier alpha value is -1.36. The highest BCUT2D eigenvalue weighted by Crippen LogP contribution is 2.55. The summed E-state index contributed by atoms with van der Waals surface area (Å²) in [7, 11) is -4.63. The molecule has 0 aliphatic rings. The molecule has 2 aromatic rings. The summed E-state index contributed by atoms with van der Waals surface area (Å²) in [6.07, 6.45) is -0.971. The summed E-state index contributed by atoms with van der Waals surface area (Å²) >= 11 is 24.1. The third-order valence-corrected chi connectivity index (χ3v) is 7.39. The number of carbonyl (C=O) groups is 3. The molecule has 0 N–H and O–H groups in total. The van der Waals surface area contributed by atoms with Crippen molar-refractivity contribution in [2.75, 3.05) is 12.8 Å². The number of halogens is 4. The monoisotopic (exact) mass is 480 g/mol. The van der Waals surface area contributed by atoms with Crippen molar-refractivity contribution in [1.82, 2.24) is 0 Å². The molecule has 2 rings (SSSR count). The quantitative estimate of drug-likeness (QED) is 0.347. The van der Waals surface area contributed by atoms with Crippen molar-refractivity contribution in [3.05, 3.63) is 67.6 Å². The summed E-state index contributed by atoms with van der Waals surface area (Å²) in [4.78, 5) is 38.3. The Balaban J connectivity index is 2.67. The van der Waals surface area contributed by atoms with Crippen LogP contribution in [0, 0.1) is 0 Å². The topological polar surface area (TPSA) is 77.5 Å². The summed E-state index contributed by atoms with van der Waals surface area (Å²) in [6.45, 7) is 1.50. The molecule has 0 aliphatic carbocycles. The first-order valence-corrected chi connectivity index (χ1v) is 11.3. The predicted octanol–water partition coefficient (Wildman–Crippen LogP) is 6.21. The summed E-state index contributed by atoms with van der Waals surface area (Å²) in [5.74, 6) is -0.987. The maximum Gasteiger partial charge on any atom is 0.314 e. The molecular weight excluding hydrogens is 469 g/mol. The van der Waals surface area contributed by atoms with Gasteiger partial charge in [0, 0.05) is 0 Å². The van der Waals surface area contributed by atoms with Gasteiger partial charge in [-0.1, -0.05) is 58.5 Å². The van der Waals surface area contributed by atoms with Gasteiger partial charge < -0.3 is 9.30 Å². The lowest BCUT2D eigenvalue weighted by molar-refractivity contribution is -0.140. The van der Waals surface area contributed by atoms with Gasteiger partial charge in [-0.15, -0.1) is 0 Å². The van der Waals surface area contributed by atoms with E-state index in [-0.39, 0.29) is 37.8 Å². The second kappa shape index (κ2) is 9.43. The molecule has 148 valence electrons. The first-order valence-electron chi connectivity index (χ1n) is 7.86. The molecule has 0 heterocycles. The number of ether oxygens (including phenoxy) is 1. The van der Waals surface area contributed by atoms with Crippen LogP contribution in [-0.2, 0) is 14.1 Å². The van der Waals surface area contributed by atoms with Gasteiger partial charge in [-0.2, -0.15) is 0 Å². The van der Waals surface area contributed by atoms with Crippen LogP contribution in [0.4, 0.5) is 0 Å². The highest BCUT2D eigenvalue weighted by atomic mass is 35.5. The molecule has 2 aromatic carbocycles. The summed E-state index contributed by atoms with van der Waals surface area (Å²) in [5.41, 5.74) is -2.99. The van der Waals surface area contributed by atoms with Gasteiger partial charge in [0.05, 0.1) is 37.8 Å². The third-order valence-electron chi connectivity index (χ3n) is 3.67. The van der Waals surface area contributed by atoms with Gasteiger partial charge in [0.2, 0.25) is 18.2 Å². The molecule has 0 saturated heterocycles. The molecule has 0 aliphatic heterocycles. The number of rotatable bonds is 7. The minimum atomic E-state index is -4.63. The van der Waals surface area contributed by atoms with Crippen molar-refractivity contribution >= 4 is 70.6 Å². The van der Waals surface area contributed by atoms with Crippen molar-refractivity contribution in [2.45, 2.75) is 6.92 Å². The molecule has 0 spiro atoms. The molecule has 0 fully saturated rings. The van der Waals surface area contributed by atoms with Crippen molar-refractivity contribution in [3.8, 4) is 0 Å². The van der Waals surface area contributed by atoms with E-state index in [1.807, 2.05) is 0 Å². The molecule has 0 bridgehead atoms. The van der Waals surface area contributed by atoms with E-state index in [0.29, 0.717) is 0 Å². The van der Waals surface area contributed by atoms with E-state index in [4.69, 9.17) is 51.1 Å². The molecular formula is C18H13Cl4O5P. The van der Waals surface area contributed by atoms with Crippen LogP contribution in [0.25, 0.3) is 0 Å². The van der Waals surface area contributed by atoms with E-state index in [1.54, 1.807) is 0 Å². The molecule has 5 nitrogen and oxygen atoms in total. The molecule has 28 heavy (non-hydrogen) atoms. The predicted molar refractivity (Wildman–Crippen MR) is 111 cm³/mol. The van der Waals surface area contributed by atoms with E-state index in [0.717, 1.165) is 0 Å². The number of esters is 1. The molecule has 0 aromatic heterocycles. The lowest BCUT2D eigenvalue weighted by Crippen LogP contribution is -2.21. The van der Waals surface area contributed by atoms with E-state index in [9.17, 15) is 18.9 Å². The molecule has 0 atom stereocenters. The Morgan fingerprint density at radius 3 is 1.50 bits per heavy atom. The summed E-state index contributed by atoms with van der Waals surface area (Å²) in [5, 5.41) is -0.446. The zero-order valence-electron chi connectivity index (χ0n) is 14.4. The minimum absolute atomic E-state index is 0.0269. The number of hydrogen-bond donors (Lipinski definition) is 0. The van der Waals surface area contributed by atoms with Crippen LogP contribution in [0.5, 0.6) is 0 Å². The highest BCUT2D eigenvalue weighted by molar-refractivity contribution is 7.96. The van der Waals surface area contributed by atoms with Gasteiger partial charge in [-0.05, 0) is 31.2 Å². The number of hydrogen-bond acceptors (Lipinski definition) is 5. The molecule has 10 heteroatoms. The Morgan fingerprint density at radius 1 is 0.821 bits per heavy atom. The Labute approximate surface area is 181 Å². The van der Waals surface area contributed by atoms with Crippen LogP contribution in [0.2, 0.25) is 20.1 Å². The van der Waals surface area contributed by atoms with Crippen LogP contribution in [-0.4, -0.2) is 29.8 Å². The smallest absolute Gasteiger partial charge is 0.314 e. The summed E-state index contributed by atoms with van der Waals surface area (Å²) in [6, 6.07) is 8.35. The fourth-order valence-electron chi connectivity index (χ4n) is 2.39. The second-order valence-electron chi connectivity index (χ2n) is 5.51. The fraction of sp³-hybridized carbons (Fsp3) is 0.167. The van der Waals surface area contributed by atoms with Crippen molar-refractivity contribution in [2.24, 2.45) is 0 Å².